The van der Waals surface area contributed by atoms with Gasteiger partial charge in [-0.05, 0) is 33.6 Å². The molecule has 17 heavy (non-hydrogen) atoms. The molecule has 5 heteroatoms. The highest BCUT2D eigenvalue weighted by Gasteiger charge is 2.30. The van der Waals surface area contributed by atoms with E-state index in [0.29, 0.717) is 25.9 Å². The summed E-state index contributed by atoms with van der Waals surface area (Å²) in [6.07, 6.45) is 1.05. The minimum absolute atomic E-state index is 0.0762. The SMILES string of the molecule is CC(C(=O)O)=C(C)C(=O)N1CCC(C)(O)CC1. The molecule has 1 amide bonds. The van der Waals surface area contributed by atoms with Gasteiger partial charge in [0.15, 0.2) is 0 Å². The van der Waals surface area contributed by atoms with Crippen molar-refractivity contribution in [2.75, 3.05) is 13.1 Å². The summed E-state index contributed by atoms with van der Waals surface area (Å²) in [5.74, 6) is -1.32. The van der Waals surface area contributed by atoms with Gasteiger partial charge in [0.25, 0.3) is 0 Å². The number of carbonyl (C=O) groups excluding carboxylic acids is 1. The van der Waals surface area contributed by atoms with E-state index in [1.165, 1.54) is 13.8 Å². The first-order valence-electron chi connectivity index (χ1n) is 5.67. The van der Waals surface area contributed by atoms with E-state index in [4.69, 9.17) is 5.11 Å². The van der Waals surface area contributed by atoms with Crippen molar-refractivity contribution in [3.63, 3.8) is 0 Å². The molecule has 2 N–H and O–H groups in total. The molecule has 96 valence electrons. The Balaban J connectivity index is 2.73. The van der Waals surface area contributed by atoms with Crippen molar-refractivity contribution in [3.05, 3.63) is 11.1 Å². The van der Waals surface area contributed by atoms with Crippen LogP contribution in [-0.2, 0) is 9.59 Å². The number of hydrogen-bond donors (Lipinski definition) is 2. The van der Waals surface area contributed by atoms with E-state index in [9.17, 15) is 14.7 Å². The lowest BCUT2D eigenvalue weighted by molar-refractivity contribution is -0.135. The van der Waals surface area contributed by atoms with Gasteiger partial charge in [-0.2, -0.15) is 0 Å². The summed E-state index contributed by atoms with van der Waals surface area (Å²) in [6.45, 7) is 5.64. The number of hydrogen-bond acceptors (Lipinski definition) is 3. The molecule has 0 spiro atoms. The number of carboxylic acids is 1. The van der Waals surface area contributed by atoms with Gasteiger partial charge >= 0.3 is 5.97 Å². The Hall–Kier alpha value is -1.36. The van der Waals surface area contributed by atoms with Crippen molar-refractivity contribution < 1.29 is 19.8 Å². The Morgan fingerprint density at radius 3 is 2.00 bits per heavy atom. The number of rotatable bonds is 2. The minimum atomic E-state index is -1.07. The molecule has 0 unspecified atom stereocenters. The van der Waals surface area contributed by atoms with Crippen LogP contribution in [0.4, 0.5) is 0 Å². The Labute approximate surface area is 101 Å². The predicted molar refractivity (Wildman–Crippen MR) is 62.4 cm³/mol. The fourth-order valence-electron chi connectivity index (χ4n) is 1.75. The zero-order valence-electron chi connectivity index (χ0n) is 10.5. The van der Waals surface area contributed by atoms with E-state index in [-0.39, 0.29) is 17.1 Å². The number of aliphatic carboxylic acids is 1. The maximum Gasteiger partial charge on any atom is 0.331 e. The summed E-state index contributed by atoms with van der Waals surface area (Å²) in [7, 11) is 0. The normalized spacial score (nSPS) is 20.8. The lowest BCUT2D eigenvalue weighted by atomic mass is 9.93. The molecule has 0 aromatic carbocycles. The number of aliphatic hydroxyl groups is 1. The third-order valence-electron chi connectivity index (χ3n) is 3.33. The molecular formula is C12H19NO4. The molecule has 1 aliphatic heterocycles. The van der Waals surface area contributed by atoms with Crippen molar-refractivity contribution in [2.45, 2.75) is 39.2 Å². The lowest BCUT2D eigenvalue weighted by Gasteiger charge is -2.36. The summed E-state index contributed by atoms with van der Waals surface area (Å²) in [4.78, 5) is 24.3. The Kier molecular flexibility index (Phi) is 3.93. The van der Waals surface area contributed by atoms with E-state index in [1.54, 1.807) is 11.8 Å². The van der Waals surface area contributed by atoms with E-state index in [0.717, 1.165) is 0 Å². The Morgan fingerprint density at radius 2 is 1.59 bits per heavy atom. The van der Waals surface area contributed by atoms with E-state index in [2.05, 4.69) is 0 Å². The van der Waals surface area contributed by atoms with Crippen LogP contribution in [0.15, 0.2) is 11.1 Å². The second kappa shape index (κ2) is 4.87. The molecule has 1 saturated heterocycles. The first-order chi connectivity index (χ1) is 7.74. The molecule has 0 aliphatic carbocycles. The molecule has 1 rings (SSSR count). The maximum atomic E-state index is 12.0. The van der Waals surface area contributed by atoms with Crippen molar-refractivity contribution in [1.29, 1.82) is 0 Å². The third kappa shape index (κ3) is 3.30. The smallest absolute Gasteiger partial charge is 0.331 e. The first-order valence-corrected chi connectivity index (χ1v) is 5.67. The zero-order chi connectivity index (χ0) is 13.2. The lowest BCUT2D eigenvalue weighted by Crippen LogP contribution is -2.45. The summed E-state index contributed by atoms with van der Waals surface area (Å²) in [5.41, 5.74) is -0.373. The molecule has 0 radical (unpaired) electrons. The van der Waals surface area contributed by atoms with Gasteiger partial charge in [0.05, 0.1) is 5.60 Å². The van der Waals surface area contributed by atoms with Crippen LogP contribution in [-0.4, -0.2) is 45.7 Å². The molecule has 0 saturated carbocycles. The molecule has 5 nitrogen and oxygen atoms in total. The summed E-state index contributed by atoms with van der Waals surface area (Å²) < 4.78 is 0. The quantitative estimate of drug-likeness (QED) is 0.700. The second-order valence-corrected chi connectivity index (χ2v) is 4.84. The topological polar surface area (TPSA) is 77.8 Å². The van der Waals surface area contributed by atoms with Crippen LogP contribution in [0.3, 0.4) is 0 Å². The highest BCUT2D eigenvalue weighted by molar-refractivity contribution is 6.01. The predicted octanol–water partition coefficient (Wildman–Crippen LogP) is 0.781. The van der Waals surface area contributed by atoms with Crippen LogP contribution in [0.2, 0.25) is 0 Å². The molecule has 0 aromatic rings. The highest BCUT2D eigenvalue weighted by atomic mass is 16.4. The van der Waals surface area contributed by atoms with Crippen LogP contribution in [0, 0.1) is 0 Å². The Morgan fingerprint density at radius 1 is 1.12 bits per heavy atom. The van der Waals surface area contributed by atoms with E-state index in [1.807, 2.05) is 0 Å². The van der Waals surface area contributed by atoms with Crippen LogP contribution in [0.25, 0.3) is 0 Å². The van der Waals surface area contributed by atoms with Gasteiger partial charge in [0, 0.05) is 24.2 Å². The van der Waals surface area contributed by atoms with Gasteiger partial charge in [0.2, 0.25) is 5.91 Å². The number of piperidine rings is 1. The van der Waals surface area contributed by atoms with Crippen LogP contribution in [0.1, 0.15) is 33.6 Å². The van der Waals surface area contributed by atoms with E-state index < -0.39 is 11.6 Å². The molecule has 0 atom stereocenters. The summed E-state index contributed by atoms with van der Waals surface area (Å²) >= 11 is 0. The maximum absolute atomic E-state index is 12.0. The number of amides is 1. The van der Waals surface area contributed by atoms with Gasteiger partial charge in [-0.25, -0.2) is 4.79 Å². The van der Waals surface area contributed by atoms with E-state index >= 15 is 0 Å². The number of carbonyl (C=O) groups is 2. The monoisotopic (exact) mass is 241 g/mol. The molecule has 1 fully saturated rings. The van der Waals surface area contributed by atoms with Crippen LogP contribution in [0.5, 0.6) is 0 Å². The fraction of sp³-hybridized carbons (Fsp3) is 0.667. The number of likely N-dealkylation sites (tertiary alicyclic amines) is 1. The zero-order valence-corrected chi connectivity index (χ0v) is 10.5. The first kappa shape index (κ1) is 13.7. The van der Waals surface area contributed by atoms with Crippen molar-refractivity contribution in [1.82, 2.24) is 4.90 Å². The largest absolute Gasteiger partial charge is 0.478 e. The average molecular weight is 241 g/mol. The third-order valence-corrected chi connectivity index (χ3v) is 3.33. The number of nitrogens with zero attached hydrogens (tertiary/aromatic N) is 1. The fourth-order valence-corrected chi connectivity index (χ4v) is 1.75. The summed E-state index contributed by atoms with van der Waals surface area (Å²) in [5, 5.41) is 18.6. The molecule has 1 heterocycles. The van der Waals surface area contributed by atoms with Gasteiger partial charge < -0.3 is 15.1 Å². The van der Waals surface area contributed by atoms with Crippen molar-refractivity contribution in [3.8, 4) is 0 Å². The number of carboxylic acid groups (broad SMARTS) is 1. The van der Waals surface area contributed by atoms with Crippen molar-refractivity contribution in [2.24, 2.45) is 0 Å². The molecule has 1 aliphatic rings. The highest BCUT2D eigenvalue weighted by Crippen LogP contribution is 2.22. The molecule has 0 aromatic heterocycles. The van der Waals surface area contributed by atoms with Crippen molar-refractivity contribution >= 4 is 11.9 Å². The van der Waals surface area contributed by atoms with Gasteiger partial charge in [-0.3, -0.25) is 4.79 Å². The average Bonchev–Trinajstić information content (AvgIpc) is 2.26. The molecular weight excluding hydrogens is 222 g/mol. The van der Waals surface area contributed by atoms with Gasteiger partial charge in [-0.15, -0.1) is 0 Å². The summed E-state index contributed by atoms with van der Waals surface area (Å²) in [6, 6.07) is 0. The standard InChI is InChI=1S/C12H19NO4/c1-8(9(2)11(15)16)10(14)13-6-4-12(3,17)5-7-13/h17H,4-7H2,1-3H3,(H,15,16). The van der Waals surface area contributed by atoms with Gasteiger partial charge in [-0.1, -0.05) is 0 Å². The molecule has 0 bridgehead atoms. The van der Waals surface area contributed by atoms with Gasteiger partial charge in [0.1, 0.15) is 0 Å². The Bertz CT molecular complexity index is 361. The minimum Gasteiger partial charge on any atom is -0.478 e. The second-order valence-electron chi connectivity index (χ2n) is 4.84. The van der Waals surface area contributed by atoms with Crippen LogP contribution < -0.4 is 0 Å². The van der Waals surface area contributed by atoms with Crippen LogP contribution >= 0.6 is 0 Å².